The van der Waals surface area contributed by atoms with Crippen LogP contribution in [0.2, 0.25) is 0 Å². The van der Waals surface area contributed by atoms with E-state index in [4.69, 9.17) is 0 Å². The molecule has 4 aromatic rings. The van der Waals surface area contributed by atoms with E-state index < -0.39 is 0 Å². The normalized spacial score (nSPS) is 11.2. The third kappa shape index (κ3) is 2.59. The van der Waals surface area contributed by atoms with Crippen molar-refractivity contribution in [1.82, 2.24) is 0 Å². The zero-order valence-electron chi connectivity index (χ0n) is 14.3. The van der Waals surface area contributed by atoms with Gasteiger partial charge in [-0.2, -0.15) is 0 Å². The largest absolute Gasteiger partial charge is 0.0616 e. The van der Waals surface area contributed by atoms with Gasteiger partial charge in [-0.1, -0.05) is 79.7 Å². The molecule has 0 aliphatic heterocycles. The lowest BCUT2D eigenvalue weighted by atomic mass is 9.91. The highest BCUT2D eigenvalue weighted by Gasteiger charge is 2.09. The van der Waals surface area contributed by atoms with E-state index in [0.717, 1.165) is 12.8 Å². The predicted molar refractivity (Wildman–Crippen MR) is 105 cm³/mol. The second-order valence-corrected chi connectivity index (χ2v) is 6.58. The van der Waals surface area contributed by atoms with Crippen molar-refractivity contribution in [3.05, 3.63) is 95.1 Å². The van der Waals surface area contributed by atoms with Gasteiger partial charge in [0.15, 0.2) is 0 Å². The molecule has 0 saturated heterocycles. The minimum Gasteiger partial charge on any atom is -0.0616 e. The topological polar surface area (TPSA) is 0 Å². The third-order valence-corrected chi connectivity index (χ3v) is 5.10. The average Bonchev–Trinajstić information content (AvgIpc) is 2.64. The maximum absolute atomic E-state index is 2.41. The zero-order chi connectivity index (χ0) is 16.5. The first-order chi connectivity index (χ1) is 11.8. The molecule has 4 rings (SSSR count). The molecular weight excluding hydrogens is 288 g/mol. The summed E-state index contributed by atoms with van der Waals surface area (Å²) >= 11 is 0. The molecule has 0 unspecified atom stereocenters. The van der Waals surface area contributed by atoms with Crippen molar-refractivity contribution in [3.63, 3.8) is 0 Å². The van der Waals surface area contributed by atoms with Crippen LogP contribution in [-0.4, -0.2) is 0 Å². The van der Waals surface area contributed by atoms with Crippen molar-refractivity contribution >= 4 is 21.5 Å². The highest BCUT2D eigenvalue weighted by molar-refractivity contribution is 5.90. The Hall–Kier alpha value is -2.60. The van der Waals surface area contributed by atoms with Gasteiger partial charge in [0.25, 0.3) is 0 Å². The van der Waals surface area contributed by atoms with E-state index in [2.05, 4.69) is 86.6 Å². The Morgan fingerprint density at radius 1 is 0.667 bits per heavy atom. The SMILES string of the molecule is CCc1cc(Cc2ccc3ccccc3c2)c(C)c2ccccc12. The van der Waals surface area contributed by atoms with E-state index in [1.54, 1.807) is 0 Å². The van der Waals surface area contributed by atoms with E-state index in [-0.39, 0.29) is 0 Å². The predicted octanol–water partition coefficient (Wildman–Crippen LogP) is 6.45. The summed E-state index contributed by atoms with van der Waals surface area (Å²) in [5, 5.41) is 5.43. The summed E-state index contributed by atoms with van der Waals surface area (Å²) in [6.45, 7) is 4.51. The van der Waals surface area contributed by atoms with Crippen LogP contribution in [0, 0.1) is 6.92 Å². The summed E-state index contributed by atoms with van der Waals surface area (Å²) in [6, 6.07) is 26.6. The lowest BCUT2D eigenvalue weighted by molar-refractivity contribution is 1.11. The van der Waals surface area contributed by atoms with E-state index >= 15 is 0 Å². The molecule has 0 heteroatoms. The van der Waals surface area contributed by atoms with Gasteiger partial charge in [0.2, 0.25) is 0 Å². The summed E-state index contributed by atoms with van der Waals surface area (Å²) in [6.07, 6.45) is 2.07. The number of rotatable bonds is 3. The van der Waals surface area contributed by atoms with Crippen LogP contribution in [0.25, 0.3) is 21.5 Å². The molecule has 0 N–H and O–H groups in total. The Morgan fingerprint density at radius 3 is 2.17 bits per heavy atom. The van der Waals surface area contributed by atoms with Gasteiger partial charge >= 0.3 is 0 Å². The molecule has 0 nitrogen and oxygen atoms in total. The van der Waals surface area contributed by atoms with Crippen LogP contribution in [-0.2, 0) is 12.8 Å². The fraction of sp³-hybridized carbons (Fsp3) is 0.167. The van der Waals surface area contributed by atoms with Crippen LogP contribution in [0.3, 0.4) is 0 Å². The van der Waals surface area contributed by atoms with Gasteiger partial charge in [-0.3, -0.25) is 0 Å². The van der Waals surface area contributed by atoms with E-state index in [1.165, 1.54) is 43.8 Å². The number of hydrogen-bond acceptors (Lipinski definition) is 0. The van der Waals surface area contributed by atoms with Crippen LogP contribution < -0.4 is 0 Å². The molecule has 0 radical (unpaired) electrons. The molecule has 0 fully saturated rings. The fourth-order valence-corrected chi connectivity index (χ4v) is 3.70. The Balaban J connectivity index is 1.82. The molecule has 0 atom stereocenters. The van der Waals surface area contributed by atoms with Crippen molar-refractivity contribution < 1.29 is 0 Å². The maximum atomic E-state index is 2.41. The van der Waals surface area contributed by atoms with Crippen molar-refractivity contribution in [2.24, 2.45) is 0 Å². The zero-order valence-corrected chi connectivity index (χ0v) is 14.3. The molecule has 0 spiro atoms. The smallest absolute Gasteiger partial charge is 0.00226 e. The molecule has 0 aliphatic rings. The first-order valence-corrected chi connectivity index (χ1v) is 8.74. The van der Waals surface area contributed by atoms with Crippen LogP contribution in [0.1, 0.15) is 29.2 Å². The first kappa shape index (κ1) is 15.0. The fourth-order valence-electron chi connectivity index (χ4n) is 3.70. The average molecular weight is 310 g/mol. The van der Waals surface area contributed by atoms with Crippen LogP contribution >= 0.6 is 0 Å². The highest BCUT2D eigenvalue weighted by Crippen LogP contribution is 2.28. The second kappa shape index (κ2) is 6.13. The van der Waals surface area contributed by atoms with Gasteiger partial charge in [0.05, 0.1) is 0 Å². The van der Waals surface area contributed by atoms with E-state index in [0.29, 0.717) is 0 Å². The molecule has 4 aromatic carbocycles. The number of fused-ring (bicyclic) bond motifs is 2. The maximum Gasteiger partial charge on any atom is -0.00226 e. The standard InChI is InChI=1S/C24H22/c1-3-19-16-22(17(2)23-10-6-7-11-24(19)23)15-18-12-13-20-8-4-5-9-21(20)14-18/h4-14,16H,3,15H2,1-2H3. The quantitative estimate of drug-likeness (QED) is 0.407. The minimum absolute atomic E-state index is 0.995. The Bertz CT molecular complexity index is 1020. The highest BCUT2D eigenvalue weighted by atomic mass is 14.1. The number of benzene rings is 4. The molecule has 0 aliphatic carbocycles. The molecule has 0 bridgehead atoms. The summed E-state index contributed by atoms with van der Waals surface area (Å²) in [5.74, 6) is 0. The Labute approximate surface area is 143 Å². The van der Waals surface area contributed by atoms with E-state index in [9.17, 15) is 0 Å². The molecule has 118 valence electrons. The summed E-state index contributed by atoms with van der Waals surface area (Å²) in [5.41, 5.74) is 5.69. The summed E-state index contributed by atoms with van der Waals surface area (Å²) < 4.78 is 0. The second-order valence-electron chi connectivity index (χ2n) is 6.58. The van der Waals surface area contributed by atoms with E-state index in [1.807, 2.05) is 0 Å². The van der Waals surface area contributed by atoms with Crippen molar-refractivity contribution in [2.45, 2.75) is 26.7 Å². The lowest BCUT2D eigenvalue weighted by Gasteiger charge is -2.14. The monoisotopic (exact) mass is 310 g/mol. The first-order valence-electron chi connectivity index (χ1n) is 8.74. The van der Waals surface area contributed by atoms with Crippen molar-refractivity contribution in [1.29, 1.82) is 0 Å². The molecule has 0 saturated carbocycles. The van der Waals surface area contributed by atoms with Gasteiger partial charge in [-0.05, 0) is 63.6 Å². The van der Waals surface area contributed by atoms with Crippen molar-refractivity contribution in [3.8, 4) is 0 Å². The van der Waals surface area contributed by atoms with Gasteiger partial charge < -0.3 is 0 Å². The van der Waals surface area contributed by atoms with Gasteiger partial charge in [-0.15, -0.1) is 0 Å². The Kier molecular flexibility index (Phi) is 3.82. The van der Waals surface area contributed by atoms with Crippen molar-refractivity contribution in [2.75, 3.05) is 0 Å². The van der Waals surface area contributed by atoms with Gasteiger partial charge in [-0.25, -0.2) is 0 Å². The van der Waals surface area contributed by atoms with Crippen LogP contribution in [0.15, 0.2) is 72.8 Å². The lowest BCUT2D eigenvalue weighted by Crippen LogP contribution is -1.97. The van der Waals surface area contributed by atoms with Gasteiger partial charge in [0, 0.05) is 0 Å². The molecule has 0 heterocycles. The van der Waals surface area contributed by atoms with Crippen LogP contribution in [0.5, 0.6) is 0 Å². The number of hydrogen-bond donors (Lipinski definition) is 0. The van der Waals surface area contributed by atoms with Crippen LogP contribution in [0.4, 0.5) is 0 Å². The summed E-state index contributed by atoms with van der Waals surface area (Å²) in [7, 11) is 0. The van der Waals surface area contributed by atoms with Gasteiger partial charge in [0.1, 0.15) is 0 Å². The molecule has 0 amide bonds. The summed E-state index contributed by atoms with van der Waals surface area (Å²) in [4.78, 5) is 0. The molecule has 24 heavy (non-hydrogen) atoms. The minimum atomic E-state index is 0.995. The number of aryl methyl sites for hydroxylation is 2. The Morgan fingerprint density at radius 2 is 1.38 bits per heavy atom. The molecular formula is C24H22. The molecule has 0 aromatic heterocycles. The third-order valence-electron chi connectivity index (χ3n) is 5.10.